The molecule has 0 spiro atoms. The van der Waals surface area contributed by atoms with Gasteiger partial charge in [-0.3, -0.25) is 0 Å². The number of hydrogen-bond acceptors (Lipinski definition) is 2. The van der Waals surface area contributed by atoms with Crippen LogP contribution in [0.2, 0.25) is 5.02 Å². The zero-order valence-corrected chi connectivity index (χ0v) is 13.0. The van der Waals surface area contributed by atoms with E-state index in [2.05, 4.69) is 5.32 Å². The van der Waals surface area contributed by atoms with Gasteiger partial charge in [0.2, 0.25) is 0 Å². The van der Waals surface area contributed by atoms with Crippen LogP contribution < -0.4 is 10.1 Å². The normalized spacial score (nSPS) is 10.7. The standard InChI is InChI=1S/C17H19ClFNO/c1-3-20-10-13-5-4-6-16(18)17(13)21-11-14-9-15(19)8-7-12(14)2/h4-9,20H,3,10-11H2,1-2H3. The lowest BCUT2D eigenvalue weighted by molar-refractivity contribution is 0.301. The van der Waals surface area contributed by atoms with Crippen molar-refractivity contribution in [3.8, 4) is 5.75 Å². The van der Waals surface area contributed by atoms with E-state index in [0.29, 0.717) is 23.9 Å². The molecule has 0 radical (unpaired) electrons. The minimum atomic E-state index is -0.258. The van der Waals surface area contributed by atoms with Gasteiger partial charge in [-0.2, -0.15) is 0 Å². The zero-order valence-electron chi connectivity index (χ0n) is 12.2. The van der Waals surface area contributed by atoms with Crippen LogP contribution in [0.1, 0.15) is 23.6 Å². The van der Waals surface area contributed by atoms with Crippen LogP contribution in [0, 0.1) is 12.7 Å². The molecule has 2 nitrogen and oxygen atoms in total. The smallest absolute Gasteiger partial charge is 0.142 e. The highest BCUT2D eigenvalue weighted by atomic mass is 35.5. The van der Waals surface area contributed by atoms with Crippen LogP contribution in [-0.2, 0) is 13.2 Å². The van der Waals surface area contributed by atoms with Gasteiger partial charge in [-0.25, -0.2) is 4.39 Å². The Morgan fingerprint density at radius 3 is 2.76 bits per heavy atom. The maximum Gasteiger partial charge on any atom is 0.142 e. The first-order chi connectivity index (χ1) is 10.1. The molecule has 2 aromatic rings. The van der Waals surface area contributed by atoms with Gasteiger partial charge in [-0.05, 0) is 42.8 Å². The van der Waals surface area contributed by atoms with Crippen LogP contribution >= 0.6 is 11.6 Å². The number of ether oxygens (including phenoxy) is 1. The first-order valence-corrected chi connectivity index (χ1v) is 7.35. The Labute approximate surface area is 129 Å². The van der Waals surface area contributed by atoms with Gasteiger partial charge >= 0.3 is 0 Å². The largest absolute Gasteiger partial charge is 0.487 e. The van der Waals surface area contributed by atoms with Gasteiger partial charge in [0.25, 0.3) is 0 Å². The molecule has 0 bridgehead atoms. The predicted octanol–water partition coefficient (Wildman–Crippen LogP) is 4.48. The van der Waals surface area contributed by atoms with Crippen molar-refractivity contribution < 1.29 is 9.13 Å². The second kappa shape index (κ2) is 7.43. The van der Waals surface area contributed by atoms with E-state index in [4.69, 9.17) is 16.3 Å². The highest BCUT2D eigenvalue weighted by molar-refractivity contribution is 6.32. The fraction of sp³-hybridized carbons (Fsp3) is 0.294. The van der Waals surface area contributed by atoms with Crippen LogP contribution in [0.5, 0.6) is 5.75 Å². The van der Waals surface area contributed by atoms with Gasteiger partial charge in [-0.1, -0.05) is 36.7 Å². The summed E-state index contributed by atoms with van der Waals surface area (Å²) in [7, 11) is 0. The van der Waals surface area contributed by atoms with E-state index in [0.717, 1.165) is 23.2 Å². The van der Waals surface area contributed by atoms with Gasteiger partial charge in [0.05, 0.1) is 5.02 Å². The van der Waals surface area contributed by atoms with E-state index in [1.807, 2.05) is 26.0 Å². The summed E-state index contributed by atoms with van der Waals surface area (Å²) in [5, 5.41) is 3.82. The summed E-state index contributed by atoms with van der Waals surface area (Å²) < 4.78 is 19.2. The zero-order chi connectivity index (χ0) is 15.2. The number of para-hydroxylation sites is 1. The summed E-state index contributed by atoms with van der Waals surface area (Å²) in [6.07, 6.45) is 0. The Morgan fingerprint density at radius 1 is 1.19 bits per heavy atom. The van der Waals surface area contributed by atoms with Crippen molar-refractivity contribution in [1.82, 2.24) is 5.32 Å². The number of hydrogen-bond donors (Lipinski definition) is 1. The van der Waals surface area contributed by atoms with E-state index >= 15 is 0 Å². The third-order valence-corrected chi connectivity index (χ3v) is 3.59. The fourth-order valence-electron chi connectivity index (χ4n) is 2.06. The van der Waals surface area contributed by atoms with Crippen LogP contribution in [0.4, 0.5) is 4.39 Å². The van der Waals surface area contributed by atoms with Crippen LogP contribution in [0.25, 0.3) is 0 Å². The second-order valence-electron chi connectivity index (χ2n) is 4.87. The van der Waals surface area contributed by atoms with Gasteiger partial charge < -0.3 is 10.1 Å². The quantitative estimate of drug-likeness (QED) is 0.850. The molecule has 4 heteroatoms. The van der Waals surface area contributed by atoms with E-state index in [9.17, 15) is 4.39 Å². The molecule has 2 rings (SSSR count). The second-order valence-corrected chi connectivity index (χ2v) is 5.28. The monoisotopic (exact) mass is 307 g/mol. The lowest BCUT2D eigenvalue weighted by Crippen LogP contribution is -2.13. The highest BCUT2D eigenvalue weighted by Crippen LogP contribution is 2.29. The molecule has 0 saturated heterocycles. The first-order valence-electron chi connectivity index (χ1n) is 6.97. The predicted molar refractivity (Wildman–Crippen MR) is 84.3 cm³/mol. The topological polar surface area (TPSA) is 21.3 Å². The van der Waals surface area contributed by atoms with E-state index < -0.39 is 0 Å². The SMILES string of the molecule is CCNCc1cccc(Cl)c1OCc1cc(F)ccc1C. The summed E-state index contributed by atoms with van der Waals surface area (Å²) in [5.41, 5.74) is 2.82. The third-order valence-electron chi connectivity index (χ3n) is 3.30. The van der Waals surface area contributed by atoms with E-state index in [1.165, 1.54) is 12.1 Å². The molecule has 2 aromatic carbocycles. The van der Waals surface area contributed by atoms with Crippen LogP contribution in [0.3, 0.4) is 0 Å². The Kier molecular flexibility index (Phi) is 5.59. The van der Waals surface area contributed by atoms with Crippen molar-refractivity contribution >= 4 is 11.6 Å². The lowest BCUT2D eigenvalue weighted by Gasteiger charge is -2.14. The average molecular weight is 308 g/mol. The summed E-state index contributed by atoms with van der Waals surface area (Å²) in [6.45, 7) is 5.83. The molecule has 0 saturated carbocycles. The van der Waals surface area contributed by atoms with Gasteiger partial charge in [0, 0.05) is 12.1 Å². The molecule has 0 atom stereocenters. The fourth-order valence-corrected chi connectivity index (χ4v) is 2.31. The van der Waals surface area contributed by atoms with Crippen LogP contribution in [-0.4, -0.2) is 6.54 Å². The molecule has 112 valence electrons. The molecule has 1 N–H and O–H groups in total. The molecule has 0 aliphatic rings. The maximum absolute atomic E-state index is 13.3. The van der Waals surface area contributed by atoms with Crippen LogP contribution in [0.15, 0.2) is 36.4 Å². The number of halogens is 2. The summed E-state index contributed by atoms with van der Waals surface area (Å²) >= 11 is 6.22. The molecule has 0 aromatic heterocycles. The Hall–Kier alpha value is -1.58. The minimum absolute atomic E-state index is 0.258. The first kappa shape index (κ1) is 15.8. The molecule has 0 unspecified atom stereocenters. The van der Waals surface area contributed by atoms with Crippen molar-refractivity contribution in [3.63, 3.8) is 0 Å². The summed E-state index contributed by atoms with van der Waals surface area (Å²) in [6, 6.07) is 10.4. The Bertz CT molecular complexity index is 616. The number of benzene rings is 2. The summed E-state index contributed by atoms with van der Waals surface area (Å²) in [4.78, 5) is 0. The minimum Gasteiger partial charge on any atom is -0.487 e. The van der Waals surface area contributed by atoms with Gasteiger partial charge in [0.15, 0.2) is 0 Å². The van der Waals surface area contributed by atoms with Crippen molar-refractivity contribution in [3.05, 3.63) is 63.9 Å². The van der Waals surface area contributed by atoms with Gasteiger partial charge in [0.1, 0.15) is 18.2 Å². The molecule has 0 fully saturated rings. The van der Waals surface area contributed by atoms with Crippen molar-refractivity contribution in [2.24, 2.45) is 0 Å². The summed E-state index contributed by atoms with van der Waals surface area (Å²) in [5.74, 6) is 0.398. The molecular formula is C17H19ClFNO. The average Bonchev–Trinajstić information content (AvgIpc) is 2.47. The number of rotatable bonds is 6. The van der Waals surface area contributed by atoms with Gasteiger partial charge in [-0.15, -0.1) is 0 Å². The highest BCUT2D eigenvalue weighted by Gasteiger charge is 2.09. The Morgan fingerprint density at radius 2 is 2.00 bits per heavy atom. The molecule has 0 aliphatic carbocycles. The Balaban J connectivity index is 2.17. The molecule has 0 amide bonds. The molecule has 0 heterocycles. The molecule has 0 aliphatic heterocycles. The number of aryl methyl sites for hydroxylation is 1. The molecule has 21 heavy (non-hydrogen) atoms. The van der Waals surface area contributed by atoms with Crippen molar-refractivity contribution in [2.45, 2.75) is 27.0 Å². The molecular weight excluding hydrogens is 289 g/mol. The lowest BCUT2D eigenvalue weighted by atomic mass is 10.1. The maximum atomic E-state index is 13.3. The number of nitrogens with one attached hydrogen (secondary N) is 1. The van der Waals surface area contributed by atoms with Crippen molar-refractivity contribution in [2.75, 3.05) is 6.54 Å². The van der Waals surface area contributed by atoms with E-state index in [-0.39, 0.29) is 5.82 Å². The third kappa shape index (κ3) is 4.19. The van der Waals surface area contributed by atoms with Crippen molar-refractivity contribution in [1.29, 1.82) is 0 Å². The van der Waals surface area contributed by atoms with E-state index in [1.54, 1.807) is 12.1 Å².